The highest BCUT2D eigenvalue weighted by atomic mass is 16.1. The van der Waals surface area contributed by atoms with Gasteiger partial charge in [0.1, 0.15) is 0 Å². The van der Waals surface area contributed by atoms with E-state index in [1.807, 2.05) is 22.7 Å². The van der Waals surface area contributed by atoms with Gasteiger partial charge in [-0.15, -0.1) is 10.2 Å². The lowest BCUT2D eigenvalue weighted by Gasteiger charge is -2.42. The van der Waals surface area contributed by atoms with E-state index in [9.17, 15) is 4.79 Å². The van der Waals surface area contributed by atoms with Gasteiger partial charge < -0.3 is 5.32 Å². The topological polar surface area (TPSA) is 65.8 Å². The summed E-state index contributed by atoms with van der Waals surface area (Å²) in [4.78, 5) is 17.6. The Labute approximate surface area is 166 Å². The second kappa shape index (κ2) is 7.12. The van der Waals surface area contributed by atoms with Crippen LogP contribution in [0.2, 0.25) is 0 Å². The van der Waals surface area contributed by atoms with E-state index in [2.05, 4.69) is 39.2 Å². The molecular weight excluding hydrogens is 352 g/mol. The number of rotatable bonds is 6. The number of carbonyl (C=O) groups excluding carboxylic acids is 1. The molecule has 3 aliphatic rings. The average Bonchev–Trinajstić information content (AvgIpc) is 3.61. The standard InChI is InChI=1S/C21H30N6O/c1-14(2)26-10-9-25(11-15-3-4-15)13-18(26)20-24-23-19-8-5-16(12-27(19)20)21(28)22-17-6-7-17/h5,8,12,14-15,17-18H,3-4,6-7,9-11,13H2,1-2H3,(H,22,28). The molecule has 150 valence electrons. The molecule has 2 aromatic heterocycles. The summed E-state index contributed by atoms with van der Waals surface area (Å²) in [6.45, 7) is 8.85. The first-order valence-corrected chi connectivity index (χ1v) is 10.7. The zero-order chi connectivity index (χ0) is 19.3. The van der Waals surface area contributed by atoms with Crippen molar-refractivity contribution in [3.8, 4) is 0 Å². The number of nitrogens with one attached hydrogen (secondary N) is 1. The maximum absolute atomic E-state index is 12.5. The lowest BCUT2D eigenvalue weighted by Crippen LogP contribution is -2.51. The number of hydrogen-bond donors (Lipinski definition) is 1. The van der Waals surface area contributed by atoms with Crippen molar-refractivity contribution in [2.75, 3.05) is 26.2 Å². The van der Waals surface area contributed by atoms with E-state index in [1.165, 1.54) is 19.4 Å². The molecule has 1 N–H and O–H groups in total. The summed E-state index contributed by atoms with van der Waals surface area (Å²) < 4.78 is 2.03. The van der Waals surface area contributed by atoms with Gasteiger partial charge in [-0.2, -0.15) is 0 Å². The normalized spacial score (nSPS) is 24.2. The zero-order valence-electron chi connectivity index (χ0n) is 16.8. The van der Waals surface area contributed by atoms with Crippen molar-refractivity contribution in [1.82, 2.24) is 29.7 Å². The van der Waals surface area contributed by atoms with Gasteiger partial charge in [0.05, 0.1) is 11.6 Å². The number of carbonyl (C=O) groups is 1. The maximum atomic E-state index is 12.5. The molecule has 3 fully saturated rings. The minimum Gasteiger partial charge on any atom is -0.349 e. The highest BCUT2D eigenvalue weighted by molar-refractivity contribution is 5.94. The molecule has 0 bridgehead atoms. The minimum atomic E-state index is 0.00349. The minimum absolute atomic E-state index is 0.00349. The lowest BCUT2D eigenvalue weighted by atomic mass is 10.1. The predicted octanol–water partition coefficient (Wildman–Crippen LogP) is 2.10. The van der Waals surface area contributed by atoms with E-state index in [0.29, 0.717) is 17.6 Å². The molecule has 5 rings (SSSR count). The molecule has 2 aliphatic carbocycles. The summed E-state index contributed by atoms with van der Waals surface area (Å²) in [6, 6.07) is 4.76. The Morgan fingerprint density at radius 3 is 2.71 bits per heavy atom. The summed E-state index contributed by atoms with van der Waals surface area (Å²) in [6.07, 6.45) is 6.85. The van der Waals surface area contributed by atoms with E-state index < -0.39 is 0 Å². The van der Waals surface area contributed by atoms with Gasteiger partial charge in [-0.3, -0.25) is 19.0 Å². The van der Waals surface area contributed by atoms with E-state index in [-0.39, 0.29) is 11.9 Å². The Hall–Kier alpha value is -1.99. The van der Waals surface area contributed by atoms with Gasteiger partial charge in [-0.25, -0.2) is 0 Å². The lowest BCUT2D eigenvalue weighted by molar-refractivity contribution is 0.0437. The number of piperazine rings is 1. The second-order valence-electron chi connectivity index (χ2n) is 9.00. The van der Waals surface area contributed by atoms with Crippen LogP contribution in [0.15, 0.2) is 18.3 Å². The summed E-state index contributed by atoms with van der Waals surface area (Å²) >= 11 is 0. The first-order valence-electron chi connectivity index (χ1n) is 10.7. The first kappa shape index (κ1) is 18.1. The first-order chi connectivity index (χ1) is 13.6. The molecule has 2 aromatic rings. The number of amides is 1. The van der Waals surface area contributed by atoms with Crippen molar-refractivity contribution in [1.29, 1.82) is 0 Å². The van der Waals surface area contributed by atoms with Crippen LogP contribution >= 0.6 is 0 Å². The third-order valence-electron chi connectivity index (χ3n) is 6.28. The van der Waals surface area contributed by atoms with Gasteiger partial charge in [0.15, 0.2) is 11.5 Å². The molecule has 1 amide bonds. The molecule has 1 atom stereocenters. The fraction of sp³-hybridized carbons (Fsp3) is 0.667. The fourth-order valence-electron chi connectivity index (χ4n) is 4.30. The van der Waals surface area contributed by atoms with Gasteiger partial charge in [0.25, 0.3) is 5.91 Å². The zero-order valence-corrected chi connectivity index (χ0v) is 16.8. The van der Waals surface area contributed by atoms with Crippen LogP contribution in [0.1, 0.15) is 61.8 Å². The molecule has 0 radical (unpaired) electrons. The predicted molar refractivity (Wildman–Crippen MR) is 107 cm³/mol. The highest BCUT2D eigenvalue weighted by Crippen LogP contribution is 2.33. The molecule has 0 spiro atoms. The van der Waals surface area contributed by atoms with Crippen LogP contribution in [-0.4, -0.2) is 68.6 Å². The van der Waals surface area contributed by atoms with Gasteiger partial charge in [0.2, 0.25) is 0 Å². The van der Waals surface area contributed by atoms with Crippen molar-refractivity contribution < 1.29 is 4.79 Å². The molecule has 1 unspecified atom stereocenters. The Kier molecular flexibility index (Phi) is 4.59. The van der Waals surface area contributed by atoms with Crippen LogP contribution in [-0.2, 0) is 0 Å². The molecule has 1 saturated heterocycles. The smallest absolute Gasteiger partial charge is 0.252 e. The van der Waals surface area contributed by atoms with Gasteiger partial charge in [-0.1, -0.05) is 0 Å². The van der Waals surface area contributed by atoms with Crippen molar-refractivity contribution >= 4 is 11.6 Å². The Morgan fingerprint density at radius 2 is 2.00 bits per heavy atom. The Bertz CT molecular complexity index is 869. The van der Waals surface area contributed by atoms with Crippen LogP contribution in [0.3, 0.4) is 0 Å². The van der Waals surface area contributed by atoms with Gasteiger partial charge >= 0.3 is 0 Å². The Balaban J connectivity index is 1.45. The van der Waals surface area contributed by atoms with E-state index in [4.69, 9.17) is 0 Å². The summed E-state index contributed by atoms with van der Waals surface area (Å²) in [5.74, 6) is 1.84. The van der Waals surface area contributed by atoms with E-state index >= 15 is 0 Å². The van der Waals surface area contributed by atoms with Gasteiger partial charge in [-0.05, 0) is 57.6 Å². The average molecular weight is 383 g/mol. The van der Waals surface area contributed by atoms with Crippen LogP contribution in [0.25, 0.3) is 5.65 Å². The summed E-state index contributed by atoms with van der Waals surface area (Å²) in [5.41, 5.74) is 1.49. The second-order valence-corrected chi connectivity index (χ2v) is 9.00. The molecule has 2 saturated carbocycles. The third kappa shape index (κ3) is 3.65. The molecule has 0 aromatic carbocycles. The molecule has 1 aliphatic heterocycles. The third-order valence-corrected chi connectivity index (χ3v) is 6.28. The van der Waals surface area contributed by atoms with E-state index in [1.54, 1.807) is 0 Å². The van der Waals surface area contributed by atoms with Crippen LogP contribution in [0.4, 0.5) is 0 Å². The highest BCUT2D eigenvalue weighted by Gasteiger charge is 2.35. The molecular formula is C21H30N6O. The van der Waals surface area contributed by atoms with Gasteiger partial charge in [0, 0.05) is 44.5 Å². The SMILES string of the molecule is CC(C)N1CCN(CC2CC2)CC1c1nnc2ccc(C(=O)NC3CC3)cn12. The van der Waals surface area contributed by atoms with E-state index in [0.717, 1.165) is 49.9 Å². The number of pyridine rings is 1. The number of nitrogens with zero attached hydrogens (tertiary/aromatic N) is 5. The fourth-order valence-corrected chi connectivity index (χ4v) is 4.30. The number of fused-ring (bicyclic) bond motifs is 1. The Morgan fingerprint density at radius 1 is 1.18 bits per heavy atom. The van der Waals surface area contributed by atoms with Crippen molar-refractivity contribution in [3.63, 3.8) is 0 Å². The quantitative estimate of drug-likeness (QED) is 0.829. The van der Waals surface area contributed by atoms with Crippen LogP contribution in [0, 0.1) is 5.92 Å². The van der Waals surface area contributed by atoms with Crippen molar-refractivity contribution in [3.05, 3.63) is 29.7 Å². The van der Waals surface area contributed by atoms with Crippen LogP contribution in [0.5, 0.6) is 0 Å². The monoisotopic (exact) mass is 382 g/mol. The molecule has 28 heavy (non-hydrogen) atoms. The van der Waals surface area contributed by atoms with Crippen molar-refractivity contribution in [2.24, 2.45) is 5.92 Å². The molecule has 3 heterocycles. The number of hydrogen-bond acceptors (Lipinski definition) is 5. The molecule has 7 heteroatoms. The summed E-state index contributed by atoms with van der Waals surface area (Å²) in [7, 11) is 0. The number of aromatic nitrogens is 3. The largest absolute Gasteiger partial charge is 0.349 e. The van der Waals surface area contributed by atoms with Crippen molar-refractivity contribution in [2.45, 2.75) is 57.7 Å². The molecule has 7 nitrogen and oxygen atoms in total. The van der Waals surface area contributed by atoms with Crippen LogP contribution < -0.4 is 5.32 Å². The maximum Gasteiger partial charge on any atom is 0.252 e. The summed E-state index contributed by atoms with van der Waals surface area (Å²) in [5, 5.41) is 12.0.